The molecule has 0 spiro atoms. The van der Waals surface area contributed by atoms with E-state index in [9.17, 15) is 4.79 Å². The molecule has 2 aliphatic rings. The van der Waals surface area contributed by atoms with Gasteiger partial charge in [0.2, 0.25) is 0 Å². The fraction of sp³-hybridized carbons (Fsp3) is 0.933. The van der Waals surface area contributed by atoms with Crippen LogP contribution in [0.3, 0.4) is 0 Å². The van der Waals surface area contributed by atoms with Gasteiger partial charge in [0.25, 0.3) is 0 Å². The molecule has 1 saturated carbocycles. The molecule has 2 rings (SSSR count). The second kappa shape index (κ2) is 5.41. The fourth-order valence-electron chi connectivity index (χ4n) is 4.34. The molecule has 1 heterocycles. The Balaban J connectivity index is 2.30. The first-order chi connectivity index (χ1) is 8.89. The summed E-state index contributed by atoms with van der Waals surface area (Å²) in [4.78, 5) is 14.9. The highest BCUT2D eigenvalue weighted by molar-refractivity contribution is 5.81. The second-order valence-corrected chi connectivity index (χ2v) is 7.11. The van der Waals surface area contributed by atoms with Crippen LogP contribution < -0.4 is 5.32 Å². The van der Waals surface area contributed by atoms with E-state index >= 15 is 0 Å². The Morgan fingerprint density at radius 3 is 2.42 bits per heavy atom. The molecule has 1 aliphatic carbocycles. The third-order valence-electron chi connectivity index (χ3n) is 4.65. The predicted molar refractivity (Wildman–Crippen MR) is 76.0 cm³/mol. The monoisotopic (exact) mass is 268 g/mol. The molecule has 0 aromatic carbocycles. The van der Waals surface area contributed by atoms with Crippen molar-refractivity contribution in [2.24, 2.45) is 11.3 Å². The van der Waals surface area contributed by atoms with E-state index in [0.717, 1.165) is 39.0 Å². The Hall–Kier alpha value is -0.610. The van der Waals surface area contributed by atoms with E-state index in [4.69, 9.17) is 4.74 Å². The quantitative estimate of drug-likeness (QED) is 0.773. The molecule has 0 amide bonds. The number of methoxy groups -OCH3 is 1. The lowest BCUT2D eigenvalue weighted by atomic mass is 9.63. The molecule has 19 heavy (non-hydrogen) atoms. The minimum atomic E-state index is -0.405. The van der Waals surface area contributed by atoms with Crippen molar-refractivity contribution in [2.45, 2.75) is 45.6 Å². The van der Waals surface area contributed by atoms with Crippen molar-refractivity contribution in [3.05, 3.63) is 0 Å². The third-order valence-corrected chi connectivity index (χ3v) is 4.65. The van der Waals surface area contributed by atoms with Crippen molar-refractivity contribution >= 4 is 5.97 Å². The number of hydrogen-bond acceptors (Lipinski definition) is 4. The maximum atomic E-state index is 12.5. The summed E-state index contributed by atoms with van der Waals surface area (Å²) in [5.41, 5.74) is -0.200. The largest absolute Gasteiger partial charge is 0.468 e. The zero-order valence-corrected chi connectivity index (χ0v) is 12.8. The summed E-state index contributed by atoms with van der Waals surface area (Å²) < 4.78 is 5.19. The summed E-state index contributed by atoms with van der Waals surface area (Å²) in [7, 11) is 1.53. The zero-order valence-electron chi connectivity index (χ0n) is 12.8. The average molecular weight is 268 g/mol. The Bertz CT molecular complexity index is 337. The van der Waals surface area contributed by atoms with Gasteiger partial charge in [-0.3, -0.25) is 9.69 Å². The summed E-state index contributed by atoms with van der Waals surface area (Å²) in [6.07, 6.45) is 3.04. The van der Waals surface area contributed by atoms with Crippen LogP contribution >= 0.6 is 0 Å². The van der Waals surface area contributed by atoms with Crippen molar-refractivity contribution in [1.29, 1.82) is 0 Å². The minimum Gasteiger partial charge on any atom is -0.468 e. The molecule has 1 N–H and O–H groups in total. The van der Waals surface area contributed by atoms with Crippen molar-refractivity contribution in [3.8, 4) is 0 Å². The number of ether oxygens (including phenoxy) is 1. The molecule has 0 bridgehead atoms. The molecule has 110 valence electrons. The summed E-state index contributed by atoms with van der Waals surface area (Å²) in [5, 5.41) is 3.37. The van der Waals surface area contributed by atoms with E-state index in [1.165, 1.54) is 13.5 Å². The molecule has 1 saturated heterocycles. The van der Waals surface area contributed by atoms with Gasteiger partial charge in [-0.25, -0.2) is 0 Å². The summed E-state index contributed by atoms with van der Waals surface area (Å²) in [5.74, 6) is 0.534. The molecule has 1 aliphatic heterocycles. The van der Waals surface area contributed by atoms with E-state index in [1.807, 2.05) is 0 Å². The van der Waals surface area contributed by atoms with E-state index < -0.39 is 5.54 Å². The SMILES string of the molecule is COC(=O)C1(N2CCNCC2)CC(C)CC(C)(C)C1. The standard InChI is InChI=1S/C15H28N2O2/c1-12-9-14(2,3)11-15(10-12,13(18)19-4)17-7-5-16-6-8-17/h12,16H,5-11H2,1-4H3. The van der Waals surface area contributed by atoms with Crippen LogP contribution in [0.1, 0.15) is 40.0 Å². The number of piperazine rings is 1. The average Bonchev–Trinajstić information content (AvgIpc) is 2.36. The van der Waals surface area contributed by atoms with Crippen molar-refractivity contribution in [3.63, 3.8) is 0 Å². The van der Waals surface area contributed by atoms with Crippen LogP contribution in [0, 0.1) is 11.3 Å². The Labute approximate surface area is 116 Å². The molecule has 4 nitrogen and oxygen atoms in total. The number of nitrogens with zero attached hydrogens (tertiary/aromatic N) is 1. The van der Waals surface area contributed by atoms with Gasteiger partial charge in [-0.15, -0.1) is 0 Å². The first-order valence-corrected chi connectivity index (χ1v) is 7.44. The number of carbonyl (C=O) groups excluding carboxylic acids is 1. The van der Waals surface area contributed by atoms with Crippen LogP contribution in [0.5, 0.6) is 0 Å². The molecule has 2 fully saturated rings. The van der Waals surface area contributed by atoms with Gasteiger partial charge in [0.15, 0.2) is 0 Å². The van der Waals surface area contributed by atoms with Gasteiger partial charge in [0.05, 0.1) is 7.11 Å². The van der Waals surface area contributed by atoms with Gasteiger partial charge in [0.1, 0.15) is 5.54 Å². The minimum absolute atomic E-state index is 0.0333. The van der Waals surface area contributed by atoms with Crippen LogP contribution in [0.25, 0.3) is 0 Å². The Morgan fingerprint density at radius 1 is 1.26 bits per heavy atom. The van der Waals surface area contributed by atoms with Crippen LogP contribution in [-0.4, -0.2) is 49.7 Å². The van der Waals surface area contributed by atoms with Gasteiger partial charge in [-0.2, -0.15) is 0 Å². The second-order valence-electron chi connectivity index (χ2n) is 7.11. The number of rotatable bonds is 2. The van der Waals surface area contributed by atoms with E-state index in [1.54, 1.807) is 0 Å². The first kappa shape index (κ1) is 14.8. The predicted octanol–water partition coefficient (Wildman–Crippen LogP) is 1.65. The van der Waals surface area contributed by atoms with E-state index in [-0.39, 0.29) is 11.4 Å². The van der Waals surface area contributed by atoms with Crippen LogP contribution in [0.2, 0.25) is 0 Å². The van der Waals surface area contributed by atoms with Crippen LogP contribution in [0.4, 0.5) is 0 Å². The smallest absolute Gasteiger partial charge is 0.326 e. The molecule has 0 aromatic heterocycles. The lowest BCUT2D eigenvalue weighted by molar-refractivity contribution is -0.164. The summed E-state index contributed by atoms with van der Waals surface area (Å²) >= 11 is 0. The van der Waals surface area contributed by atoms with E-state index in [0.29, 0.717) is 5.92 Å². The fourth-order valence-corrected chi connectivity index (χ4v) is 4.34. The van der Waals surface area contributed by atoms with E-state index in [2.05, 4.69) is 31.0 Å². The number of carbonyl (C=O) groups is 1. The third kappa shape index (κ3) is 2.95. The molecular formula is C15H28N2O2. The highest BCUT2D eigenvalue weighted by Gasteiger charge is 2.52. The molecule has 2 unspecified atom stereocenters. The Kier molecular flexibility index (Phi) is 4.21. The lowest BCUT2D eigenvalue weighted by Gasteiger charge is -2.52. The maximum Gasteiger partial charge on any atom is 0.326 e. The highest BCUT2D eigenvalue weighted by Crippen LogP contribution is 2.47. The van der Waals surface area contributed by atoms with Gasteiger partial charge in [-0.1, -0.05) is 20.8 Å². The molecule has 2 atom stereocenters. The van der Waals surface area contributed by atoms with Crippen molar-refractivity contribution in [2.75, 3.05) is 33.3 Å². The topological polar surface area (TPSA) is 41.6 Å². The summed E-state index contributed by atoms with van der Waals surface area (Å²) in [6.45, 7) is 10.6. The molecule has 0 aromatic rings. The maximum absolute atomic E-state index is 12.5. The zero-order chi connectivity index (χ0) is 14.1. The Morgan fingerprint density at radius 2 is 1.89 bits per heavy atom. The van der Waals surface area contributed by atoms with Gasteiger partial charge in [-0.05, 0) is 30.6 Å². The molecule has 0 radical (unpaired) electrons. The summed E-state index contributed by atoms with van der Waals surface area (Å²) in [6, 6.07) is 0. The van der Waals surface area contributed by atoms with Crippen molar-refractivity contribution < 1.29 is 9.53 Å². The first-order valence-electron chi connectivity index (χ1n) is 7.44. The van der Waals surface area contributed by atoms with Crippen molar-refractivity contribution in [1.82, 2.24) is 10.2 Å². The molecular weight excluding hydrogens is 240 g/mol. The highest BCUT2D eigenvalue weighted by atomic mass is 16.5. The normalized spacial score (nSPS) is 35.9. The molecule has 4 heteroatoms. The number of nitrogens with one attached hydrogen (secondary N) is 1. The van der Waals surface area contributed by atoms with Crippen LogP contribution in [-0.2, 0) is 9.53 Å². The number of esters is 1. The van der Waals surface area contributed by atoms with Gasteiger partial charge >= 0.3 is 5.97 Å². The lowest BCUT2D eigenvalue weighted by Crippen LogP contribution is -2.64. The van der Waals surface area contributed by atoms with Crippen LogP contribution in [0.15, 0.2) is 0 Å². The number of hydrogen-bond donors (Lipinski definition) is 1. The van der Waals surface area contributed by atoms with Gasteiger partial charge in [0, 0.05) is 26.2 Å². The van der Waals surface area contributed by atoms with Gasteiger partial charge < -0.3 is 10.1 Å².